The van der Waals surface area contributed by atoms with Crippen molar-refractivity contribution in [3.63, 3.8) is 0 Å². The van der Waals surface area contributed by atoms with Gasteiger partial charge in [0, 0.05) is 41.2 Å². The highest BCUT2D eigenvalue weighted by Gasteiger charge is 2.27. The van der Waals surface area contributed by atoms with Crippen molar-refractivity contribution in [3.05, 3.63) is 59.9 Å². The van der Waals surface area contributed by atoms with Crippen molar-refractivity contribution in [1.82, 2.24) is 24.6 Å². The Morgan fingerprint density at radius 2 is 1.91 bits per heavy atom. The minimum absolute atomic E-state index is 0.176. The van der Waals surface area contributed by atoms with Gasteiger partial charge in [-0.3, -0.25) is 4.98 Å². The van der Waals surface area contributed by atoms with Gasteiger partial charge in [-0.1, -0.05) is 0 Å². The molecule has 0 aliphatic heterocycles. The van der Waals surface area contributed by atoms with E-state index in [9.17, 15) is 5.11 Å². The molecule has 4 aromatic rings. The topological polar surface area (TPSA) is 97.5 Å². The van der Waals surface area contributed by atoms with E-state index in [0.717, 1.165) is 58.3 Å². The molecule has 0 amide bonds. The van der Waals surface area contributed by atoms with Crippen LogP contribution in [0.3, 0.4) is 0 Å². The number of aromatic nitrogens is 5. The van der Waals surface area contributed by atoms with E-state index in [0.29, 0.717) is 11.7 Å². The number of nitrogens with zero attached hydrogens (tertiary/aromatic N) is 5. The molecule has 170 valence electrons. The van der Waals surface area contributed by atoms with Gasteiger partial charge in [0.05, 0.1) is 17.3 Å². The van der Waals surface area contributed by atoms with Crippen molar-refractivity contribution in [1.29, 1.82) is 0 Å². The molecule has 0 atom stereocenters. The lowest BCUT2D eigenvalue weighted by atomic mass is 10.1. The molecule has 0 bridgehead atoms. The minimum Gasteiger partial charge on any atom is -0.488 e. The number of aliphatic hydroxyl groups is 1. The maximum absolute atomic E-state index is 10.1. The average Bonchev–Trinajstić information content (AvgIpc) is 3.52. The van der Waals surface area contributed by atoms with Gasteiger partial charge in [-0.2, -0.15) is 5.10 Å². The van der Waals surface area contributed by atoms with Crippen molar-refractivity contribution in [2.24, 2.45) is 0 Å². The Bertz CT molecular complexity index is 1320. The van der Waals surface area contributed by atoms with Crippen LogP contribution < -0.4 is 10.1 Å². The molecule has 0 unspecified atom stereocenters. The Morgan fingerprint density at radius 1 is 1.09 bits per heavy atom. The normalized spacial score (nSPS) is 14.0. The lowest BCUT2D eigenvalue weighted by molar-refractivity contribution is 0.0286. The highest BCUT2D eigenvalue weighted by molar-refractivity contribution is 5.75. The second-order valence-corrected chi connectivity index (χ2v) is 9.39. The summed E-state index contributed by atoms with van der Waals surface area (Å²) in [5.74, 6) is 3.52. The number of rotatable bonds is 7. The second-order valence-electron chi connectivity index (χ2n) is 9.39. The Morgan fingerprint density at radius 3 is 2.67 bits per heavy atom. The van der Waals surface area contributed by atoms with E-state index in [4.69, 9.17) is 4.74 Å². The zero-order valence-electron chi connectivity index (χ0n) is 19.3. The van der Waals surface area contributed by atoms with E-state index in [1.807, 2.05) is 48.8 Å². The summed E-state index contributed by atoms with van der Waals surface area (Å²) >= 11 is 0. The molecule has 1 saturated carbocycles. The zero-order valence-corrected chi connectivity index (χ0v) is 19.3. The summed E-state index contributed by atoms with van der Waals surface area (Å²) < 4.78 is 7.72. The molecule has 4 aromatic heterocycles. The molecule has 1 aliphatic carbocycles. The maximum Gasteiger partial charge on any atom is 0.154 e. The van der Waals surface area contributed by atoms with Crippen LogP contribution in [-0.2, 0) is 0 Å². The second kappa shape index (κ2) is 8.12. The average molecular weight is 445 g/mol. The Kier molecular flexibility index (Phi) is 5.25. The number of anilines is 2. The highest BCUT2D eigenvalue weighted by atomic mass is 16.5. The predicted molar refractivity (Wildman–Crippen MR) is 127 cm³/mol. The number of hydrogen-bond acceptors (Lipinski definition) is 7. The largest absolute Gasteiger partial charge is 0.488 e. The van der Waals surface area contributed by atoms with Crippen LogP contribution in [0.15, 0.2) is 42.7 Å². The van der Waals surface area contributed by atoms with Crippen molar-refractivity contribution >= 4 is 17.2 Å². The van der Waals surface area contributed by atoms with Gasteiger partial charge in [0.15, 0.2) is 5.82 Å². The molecule has 1 aliphatic rings. The van der Waals surface area contributed by atoms with E-state index >= 15 is 0 Å². The van der Waals surface area contributed by atoms with Crippen LogP contribution in [0.2, 0.25) is 0 Å². The summed E-state index contributed by atoms with van der Waals surface area (Å²) in [6, 6.07) is 9.97. The van der Waals surface area contributed by atoms with Crippen LogP contribution in [0.1, 0.15) is 49.8 Å². The van der Waals surface area contributed by atoms with Crippen LogP contribution in [0, 0.1) is 13.8 Å². The molecule has 0 radical (unpaired) electrons. The first-order valence-electron chi connectivity index (χ1n) is 11.2. The van der Waals surface area contributed by atoms with Crippen molar-refractivity contribution in [2.75, 3.05) is 11.9 Å². The van der Waals surface area contributed by atoms with Gasteiger partial charge in [-0.05, 0) is 64.3 Å². The van der Waals surface area contributed by atoms with Gasteiger partial charge in [0.25, 0.3) is 0 Å². The first kappa shape index (κ1) is 21.3. The van der Waals surface area contributed by atoms with Gasteiger partial charge >= 0.3 is 0 Å². The van der Waals surface area contributed by atoms with E-state index in [2.05, 4.69) is 31.4 Å². The minimum atomic E-state index is -0.934. The predicted octanol–water partition coefficient (Wildman–Crippen LogP) is 4.57. The molecule has 4 heterocycles. The fourth-order valence-electron chi connectivity index (χ4n) is 3.68. The highest BCUT2D eigenvalue weighted by Crippen LogP contribution is 2.38. The Labute approximate surface area is 192 Å². The molecular formula is C25H28N6O2. The molecule has 2 N–H and O–H groups in total. The summed E-state index contributed by atoms with van der Waals surface area (Å²) in [7, 11) is 0. The van der Waals surface area contributed by atoms with Gasteiger partial charge in [0.2, 0.25) is 0 Å². The molecule has 1 fully saturated rings. The van der Waals surface area contributed by atoms with Gasteiger partial charge in [-0.25, -0.2) is 14.5 Å². The SMILES string of the molecule is Cc1cc(-c2ccn3nc(Nc4cc(C)nc(C5CC5)n4)cc3c2)c(OCC(C)(C)O)cn1. The van der Waals surface area contributed by atoms with Gasteiger partial charge in [0.1, 0.15) is 24.0 Å². The number of aryl methyl sites for hydroxylation is 2. The summed E-state index contributed by atoms with van der Waals surface area (Å²) in [5.41, 5.74) is 3.75. The number of hydrogen-bond donors (Lipinski definition) is 2. The van der Waals surface area contributed by atoms with E-state index in [-0.39, 0.29) is 6.61 Å². The van der Waals surface area contributed by atoms with Crippen molar-refractivity contribution in [3.8, 4) is 16.9 Å². The third-order valence-corrected chi connectivity index (χ3v) is 5.43. The van der Waals surface area contributed by atoms with Crippen LogP contribution in [-0.4, -0.2) is 41.9 Å². The summed E-state index contributed by atoms with van der Waals surface area (Å²) in [5, 5.41) is 18.0. The fraction of sp³-hybridized carbons (Fsp3) is 0.360. The Hall–Kier alpha value is -3.52. The molecule has 5 rings (SSSR count). The van der Waals surface area contributed by atoms with Crippen LogP contribution >= 0.6 is 0 Å². The fourth-order valence-corrected chi connectivity index (χ4v) is 3.68. The molecular weight excluding hydrogens is 416 g/mol. The first-order valence-corrected chi connectivity index (χ1v) is 11.2. The van der Waals surface area contributed by atoms with Gasteiger partial charge in [-0.15, -0.1) is 0 Å². The molecule has 0 spiro atoms. The number of nitrogens with one attached hydrogen (secondary N) is 1. The first-order chi connectivity index (χ1) is 15.7. The molecule has 0 saturated heterocycles. The zero-order chi connectivity index (χ0) is 23.2. The van der Waals surface area contributed by atoms with E-state index < -0.39 is 5.60 Å². The van der Waals surface area contributed by atoms with Crippen LogP contribution in [0.4, 0.5) is 11.6 Å². The summed E-state index contributed by atoms with van der Waals surface area (Å²) in [4.78, 5) is 13.6. The summed E-state index contributed by atoms with van der Waals surface area (Å²) in [6.45, 7) is 7.54. The number of fused-ring (bicyclic) bond motifs is 1. The third kappa shape index (κ3) is 4.96. The third-order valence-electron chi connectivity index (χ3n) is 5.43. The molecule has 8 heteroatoms. The van der Waals surface area contributed by atoms with Crippen molar-refractivity contribution < 1.29 is 9.84 Å². The lowest BCUT2D eigenvalue weighted by Crippen LogP contribution is -2.28. The smallest absolute Gasteiger partial charge is 0.154 e. The quantitative estimate of drug-likeness (QED) is 0.431. The molecule has 33 heavy (non-hydrogen) atoms. The van der Waals surface area contributed by atoms with E-state index in [1.54, 1.807) is 20.0 Å². The molecule has 0 aromatic carbocycles. The van der Waals surface area contributed by atoms with Crippen LogP contribution in [0.25, 0.3) is 16.6 Å². The summed E-state index contributed by atoms with van der Waals surface area (Å²) in [6.07, 6.45) is 5.96. The maximum atomic E-state index is 10.1. The van der Waals surface area contributed by atoms with Gasteiger partial charge < -0.3 is 15.2 Å². The van der Waals surface area contributed by atoms with E-state index in [1.165, 1.54) is 0 Å². The van der Waals surface area contributed by atoms with Crippen molar-refractivity contribution in [2.45, 2.75) is 52.1 Å². The number of ether oxygens (including phenoxy) is 1. The Balaban J connectivity index is 1.44. The molecule has 8 nitrogen and oxygen atoms in total. The monoisotopic (exact) mass is 444 g/mol. The lowest BCUT2D eigenvalue weighted by Gasteiger charge is -2.19. The van der Waals surface area contributed by atoms with Crippen LogP contribution in [0.5, 0.6) is 5.75 Å². The standard InChI is InChI=1S/C25H28N6O2/c1-15-9-20(21(13-26-15)33-14-25(3,4)32)18-7-8-31-19(11-18)12-23(30-31)28-22-10-16(2)27-24(29-22)17-5-6-17/h7-13,17,32H,5-6,14H2,1-4H3,(H,27,28,29,30). The number of pyridine rings is 2.